The minimum atomic E-state index is -3.92. The Labute approximate surface area is 263 Å². The van der Waals surface area contributed by atoms with Gasteiger partial charge in [-0.25, -0.2) is 12.8 Å². The molecule has 0 spiro atoms. The number of nitrogens with two attached hydrogens (primary N) is 1. The average molecular weight is 643 g/mol. The van der Waals surface area contributed by atoms with Crippen molar-refractivity contribution in [3.63, 3.8) is 0 Å². The number of anilines is 1. The smallest absolute Gasteiger partial charge is 0.237 e. The summed E-state index contributed by atoms with van der Waals surface area (Å²) in [7, 11) is -3.92. The predicted molar refractivity (Wildman–Crippen MR) is 172 cm³/mol. The van der Waals surface area contributed by atoms with Gasteiger partial charge in [0.15, 0.2) is 0 Å². The van der Waals surface area contributed by atoms with Gasteiger partial charge in [0.1, 0.15) is 17.3 Å². The van der Waals surface area contributed by atoms with Gasteiger partial charge in [0, 0.05) is 28.1 Å². The summed E-state index contributed by atoms with van der Waals surface area (Å²) in [5.74, 6) is -0.305. The lowest BCUT2D eigenvalue weighted by atomic mass is 9.65. The van der Waals surface area contributed by atoms with E-state index in [0.717, 1.165) is 50.2 Å². The van der Waals surface area contributed by atoms with Gasteiger partial charge in [0.05, 0.1) is 48.5 Å². The number of halogens is 2. The maximum absolute atomic E-state index is 15.5. The van der Waals surface area contributed by atoms with Crippen LogP contribution in [-0.4, -0.2) is 55.9 Å². The Morgan fingerprint density at radius 2 is 1.86 bits per heavy atom. The van der Waals surface area contributed by atoms with E-state index in [2.05, 4.69) is 30.8 Å². The molecule has 1 aromatic heterocycles. The molecule has 9 nitrogen and oxygen atoms in total. The number of aromatic nitrogens is 2. The predicted octanol–water partition coefficient (Wildman–Crippen LogP) is 5.39. The van der Waals surface area contributed by atoms with E-state index in [1.807, 2.05) is 4.68 Å². The van der Waals surface area contributed by atoms with Crippen LogP contribution in [0.15, 0.2) is 47.5 Å². The summed E-state index contributed by atoms with van der Waals surface area (Å²) in [4.78, 5) is 4.80. The molecular weight excluding hydrogens is 603 g/mol. The fraction of sp³-hybridized carbons (Fsp3) is 0.500. The number of benzene rings is 2. The number of nitrogens with one attached hydrogen (secondary N) is 2. The number of hydrogen-bond donors (Lipinski definition) is 3. The van der Waals surface area contributed by atoms with E-state index in [0.29, 0.717) is 52.2 Å². The maximum atomic E-state index is 15.5. The molecule has 2 fully saturated rings. The molecule has 44 heavy (non-hydrogen) atoms. The summed E-state index contributed by atoms with van der Waals surface area (Å²) in [6.07, 6.45) is 4.31. The molecule has 2 aromatic carbocycles. The third kappa shape index (κ3) is 5.99. The van der Waals surface area contributed by atoms with Crippen molar-refractivity contribution < 1.29 is 17.5 Å². The Kier molecular flexibility index (Phi) is 8.51. The Bertz CT molecular complexity index is 1680. The van der Waals surface area contributed by atoms with Crippen LogP contribution in [0, 0.1) is 11.7 Å². The number of hydrogen-bond acceptors (Lipinski definition) is 7. The average Bonchev–Trinajstić information content (AvgIpc) is 3.38. The first kappa shape index (κ1) is 31.0. The molecule has 6 rings (SSSR count). The van der Waals surface area contributed by atoms with Crippen LogP contribution in [0.4, 0.5) is 10.1 Å². The van der Waals surface area contributed by atoms with Crippen LogP contribution in [0.25, 0.3) is 11.3 Å². The van der Waals surface area contributed by atoms with Gasteiger partial charge < -0.3 is 15.8 Å². The molecule has 236 valence electrons. The molecule has 1 unspecified atom stereocenters. The van der Waals surface area contributed by atoms with Crippen molar-refractivity contribution in [2.45, 2.75) is 75.7 Å². The molecule has 1 saturated heterocycles. The van der Waals surface area contributed by atoms with Gasteiger partial charge in [0.2, 0.25) is 10.0 Å². The Morgan fingerprint density at radius 3 is 2.50 bits per heavy atom. The van der Waals surface area contributed by atoms with Gasteiger partial charge >= 0.3 is 0 Å². The third-order valence-corrected chi connectivity index (χ3v) is 10.9. The summed E-state index contributed by atoms with van der Waals surface area (Å²) in [5, 5.41) is 9.06. The second-order valence-corrected chi connectivity index (χ2v) is 15.0. The SMILES string of the molecule is CC(C)n1nc(-c2ccc(NS(=O)(=O)Cc3ccccc3Cl)c(F)c2)c2c1C(C)([C@H]1CC[C@H](NC3COC3)CC1)CN=C2N. The molecule has 3 aromatic rings. The van der Waals surface area contributed by atoms with Crippen molar-refractivity contribution in [3.8, 4) is 11.3 Å². The normalized spacial score (nSPS) is 24.1. The van der Waals surface area contributed by atoms with Gasteiger partial charge in [0.25, 0.3) is 0 Å². The summed E-state index contributed by atoms with van der Waals surface area (Å²) >= 11 is 6.15. The fourth-order valence-electron chi connectivity index (χ4n) is 6.86. The topological polar surface area (TPSA) is 124 Å². The van der Waals surface area contributed by atoms with Crippen molar-refractivity contribution in [1.82, 2.24) is 15.1 Å². The number of nitrogens with zero attached hydrogens (tertiary/aromatic N) is 3. The van der Waals surface area contributed by atoms with Gasteiger partial charge in [-0.15, -0.1) is 0 Å². The van der Waals surface area contributed by atoms with Crippen LogP contribution >= 0.6 is 11.6 Å². The maximum Gasteiger partial charge on any atom is 0.237 e. The zero-order valence-electron chi connectivity index (χ0n) is 25.3. The van der Waals surface area contributed by atoms with Crippen LogP contribution in [0.3, 0.4) is 0 Å². The summed E-state index contributed by atoms with van der Waals surface area (Å²) in [5.41, 5.74) is 9.40. The molecule has 1 saturated carbocycles. The molecule has 0 radical (unpaired) electrons. The van der Waals surface area contributed by atoms with E-state index in [1.54, 1.807) is 30.3 Å². The zero-order valence-corrected chi connectivity index (χ0v) is 26.9. The Balaban J connectivity index is 1.28. The highest BCUT2D eigenvalue weighted by Gasteiger charge is 2.46. The first-order valence-electron chi connectivity index (χ1n) is 15.3. The van der Waals surface area contributed by atoms with Crippen molar-refractivity contribution in [3.05, 3.63) is 70.1 Å². The van der Waals surface area contributed by atoms with Crippen LogP contribution in [0.1, 0.15) is 69.3 Å². The third-order valence-electron chi connectivity index (χ3n) is 9.32. The van der Waals surface area contributed by atoms with Crippen LogP contribution < -0.4 is 15.8 Å². The molecule has 12 heteroatoms. The van der Waals surface area contributed by atoms with E-state index in [1.165, 1.54) is 12.1 Å². The van der Waals surface area contributed by atoms with Gasteiger partial charge in [-0.2, -0.15) is 5.10 Å². The largest absolute Gasteiger partial charge is 0.383 e. The minimum Gasteiger partial charge on any atom is -0.383 e. The molecule has 2 aliphatic heterocycles. The van der Waals surface area contributed by atoms with E-state index in [4.69, 9.17) is 32.2 Å². The lowest BCUT2D eigenvalue weighted by Crippen LogP contribution is -2.52. The summed E-state index contributed by atoms with van der Waals surface area (Å²) in [6, 6.07) is 12.1. The van der Waals surface area contributed by atoms with Gasteiger partial charge in [-0.1, -0.05) is 42.8 Å². The lowest BCUT2D eigenvalue weighted by Gasteiger charge is -2.44. The highest BCUT2D eigenvalue weighted by molar-refractivity contribution is 7.91. The first-order chi connectivity index (χ1) is 20.9. The highest BCUT2D eigenvalue weighted by Crippen LogP contribution is 2.47. The Hall–Kier alpha value is -2.99. The molecule has 0 amide bonds. The van der Waals surface area contributed by atoms with E-state index >= 15 is 4.39 Å². The van der Waals surface area contributed by atoms with E-state index < -0.39 is 15.8 Å². The minimum absolute atomic E-state index is 0.0417. The lowest BCUT2D eigenvalue weighted by molar-refractivity contribution is -0.0135. The molecule has 1 aliphatic carbocycles. The molecule has 3 heterocycles. The molecule has 0 bridgehead atoms. The molecular formula is C32H40ClFN6O3S. The van der Waals surface area contributed by atoms with Gasteiger partial charge in [-0.3, -0.25) is 14.4 Å². The monoisotopic (exact) mass is 642 g/mol. The summed E-state index contributed by atoms with van der Waals surface area (Å²) in [6.45, 7) is 8.59. The Morgan fingerprint density at radius 1 is 1.14 bits per heavy atom. The van der Waals surface area contributed by atoms with Crippen LogP contribution in [0.5, 0.6) is 0 Å². The van der Waals surface area contributed by atoms with E-state index in [9.17, 15) is 8.42 Å². The van der Waals surface area contributed by atoms with Crippen molar-refractivity contribution in [2.24, 2.45) is 16.6 Å². The van der Waals surface area contributed by atoms with Gasteiger partial charge in [-0.05, 0) is 69.2 Å². The van der Waals surface area contributed by atoms with Crippen molar-refractivity contribution >= 4 is 33.1 Å². The first-order valence-corrected chi connectivity index (χ1v) is 17.3. The van der Waals surface area contributed by atoms with Crippen LogP contribution in [-0.2, 0) is 25.9 Å². The number of fused-ring (bicyclic) bond motifs is 1. The van der Waals surface area contributed by atoms with Crippen LogP contribution in [0.2, 0.25) is 5.02 Å². The highest BCUT2D eigenvalue weighted by atomic mass is 35.5. The quantitative estimate of drug-likeness (QED) is 0.288. The standard InChI is InChI=1S/C32H40ClFN6O3S/c1-19(2)40-30-28(31(35)36-18-32(30,3)22-9-11-23(12-10-22)37-24-15-43-16-24)29(38-40)20-8-13-27(26(34)14-20)39-44(41,42)17-21-6-4-5-7-25(21)33/h4-8,13-14,19,22-24,37,39H,9-12,15-18H2,1-3H3,(H2,35,36)/t22-,23-,32?. The fourth-order valence-corrected chi connectivity index (χ4v) is 8.37. The second-order valence-electron chi connectivity index (χ2n) is 12.8. The van der Waals surface area contributed by atoms with Crippen molar-refractivity contribution in [2.75, 3.05) is 24.5 Å². The molecule has 4 N–H and O–H groups in total. The number of ether oxygens (including phenoxy) is 1. The second kappa shape index (κ2) is 12.1. The van der Waals surface area contributed by atoms with Crippen molar-refractivity contribution in [1.29, 1.82) is 0 Å². The molecule has 1 atom stereocenters. The summed E-state index contributed by atoms with van der Waals surface area (Å²) < 4.78 is 51.0. The number of rotatable bonds is 9. The number of sulfonamides is 1. The number of aliphatic imine (C=N–C) groups is 1. The zero-order chi connectivity index (χ0) is 31.2. The van der Waals surface area contributed by atoms with E-state index in [-0.39, 0.29) is 22.9 Å². The number of amidine groups is 1. The molecule has 3 aliphatic rings.